The van der Waals surface area contributed by atoms with Gasteiger partial charge in [-0.25, -0.2) is 0 Å². The Kier molecular flexibility index (Phi) is 3.43. The Bertz CT molecular complexity index is 378. The highest BCUT2D eigenvalue weighted by atomic mass is 127. The zero-order valence-corrected chi connectivity index (χ0v) is 13.1. The van der Waals surface area contributed by atoms with Gasteiger partial charge in [0, 0.05) is 24.2 Å². The van der Waals surface area contributed by atoms with Crippen LogP contribution in [0.5, 0.6) is 0 Å². The van der Waals surface area contributed by atoms with Crippen LogP contribution in [0, 0.1) is 0 Å². The van der Waals surface area contributed by atoms with E-state index >= 15 is 0 Å². The van der Waals surface area contributed by atoms with Gasteiger partial charge in [-0.05, 0) is 55.8 Å². The van der Waals surface area contributed by atoms with Crippen molar-refractivity contribution in [2.24, 2.45) is 0 Å². The van der Waals surface area contributed by atoms with Crippen molar-refractivity contribution in [3.8, 4) is 0 Å². The molecule has 1 aliphatic rings. The Hall–Kier alpha value is 0.425. The van der Waals surface area contributed by atoms with Crippen LogP contribution in [0.25, 0.3) is 0 Å². The summed E-state index contributed by atoms with van der Waals surface area (Å²) in [5.41, 5.74) is 0.585. The predicted octanol–water partition coefficient (Wildman–Crippen LogP) is 2.58. The van der Waals surface area contributed by atoms with Gasteiger partial charge in [-0.3, -0.25) is 0 Å². The molecule has 1 aliphatic heterocycles. The molecular weight excluding hydrogens is 335 g/mol. The standard InChI is InChI=1S/C10H16BINO2P/c1-9(2)10(3,4)15-11(14-9)8-5-6-13(7-8)16-12/h5-7,16H,1-4H3. The van der Waals surface area contributed by atoms with Crippen LogP contribution in [-0.2, 0) is 9.31 Å². The first-order chi connectivity index (χ1) is 7.36. The molecule has 0 amide bonds. The summed E-state index contributed by atoms with van der Waals surface area (Å²) in [6.07, 6.45) is 4.87. The summed E-state index contributed by atoms with van der Waals surface area (Å²) < 4.78 is 14.1. The number of hydrogen-bond acceptors (Lipinski definition) is 2. The van der Waals surface area contributed by atoms with Crippen LogP contribution >= 0.6 is 28.4 Å². The van der Waals surface area contributed by atoms with E-state index in [0.29, 0.717) is 6.37 Å². The van der Waals surface area contributed by atoms with Crippen LogP contribution in [0.2, 0.25) is 0 Å². The fourth-order valence-corrected chi connectivity index (χ4v) is 2.81. The molecule has 2 rings (SSSR count). The molecule has 88 valence electrons. The molecule has 6 heteroatoms. The summed E-state index contributed by atoms with van der Waals surface area (Å²) in [5.74, 6) is 0. The maximum atomic E-state index is 5.97. The highest BCUT2D eigenvalue weighted by Gasteiger charge is 2.51. The molecular formula is C10H16BINO2P. The lowest BCUT2D eigenvalue weighted by Crippen LogP contribution is -2.41. The quantitative estimate of drug-likeness (QED) is 0.465. The van der Waals surface area contributed by atoms with Gasteiger partial charge in [-0.1, -0.05) is 0 Å². The first-order valence-electron chi connectivity index (χ1n) is 5.26. The maximum absolute atomic E-state index is 5.97. The van der Waals surface area contributed by atoms with Crippen molar-refractivity contribution >= 4 is 41.0 Å². The van der Waals surface area contributed by atoms with Crippen LogP contribution in [0.15, 0.2) is 18.5 Å². The van der Waals surface area contributed by atoms with E-state index in [2.05, 4.69) is 72.5 Å². The van der Waals surface area contributed by atoms with Crippen LogP contribution in [0.3, 0.4) is 0 Å². The van der Waals surface area contributed by atoms with Crippen molar-refractivity contribution < 1.29 is 9.31 Å². The Labute approximate surface area is 112 Å². The molecule has 16 heavy (non-hydrogen) atoms. The summed E-state index contributed by atoms with van der Waals surface area (Å²) in [5, 5.41) is 0. The third-order valence-corrected chi connectivity index (χ3v) is 5.48. The van der Waals surface area contributed by atoms with Crippen LogP contribution in [0.1, 0.15) is 27.7 Å². The summed E-state index contributed by atoms with van der Waals surface area (Å²) in [6, 6.07) is 2.06. The Morgan fingerprint density at radius 1 is 1.25 bits per heavy atom. The molecule has 0 radical (unpaired) electrons. The summed E-state index contributed by atoms with van der Waals surface area (Å²) >= 11 is 2.35. The van der Waals surface area contributed by atoms with E-state index in [1.54, 1.807) is 0 Å². The number of nitrogens with zero attached hydrogens (tertiary/aromatic N) is 1. The maximum Gasteiger partial charge on any atom is 0.496 e. The molecule has 0 N–H and O–H groups in total. The van der Waals surface area contributed by atoms with Gasteiger partial charge in [0.2, 0.25) is 0 Å². The minimum absolute atomic E-state index is 0.237. The van der Waals surface area contributed by atoms with E-state index in [0.717, 1.165) is 5.46 Å². The number of halogens is 1. The molecule has 0 aromatic carbocycles. The zero-order chi connectivity index (χ0) is 12.0. The van der Waals surface area contributed by atoms with Crippen LogP contribution in [-0.4, -0.2) is 22.7 Å². The van der Waals surface area contributed by atoms with E-state index < -0.39 is 0 Å². The van der Waals surface area contributed by atoms with Gasteiger partial charge in [0.1, 0.15) is 0 Å². The molecule has 1 atom stereocenters. The van der Waals surface area contributed by atoms with Crippen molar-refractivity contribution in [2.45, 2.75) is 38.9 Å². The van der Waals surface area contributed by atoms with Gasteiger partial charge >= 0.3 is 7.12 Å². The minimum Gasteiger partial charge on any atom is -0.399 e. The van der Waals surface area contributed by atoms with Crippen molar-refractivity contribution in [3.05, 3.63) is 18.5 Å². The van der Waals surface area contributed by atoms with Crippen molar-refractivity contribution in [2.75, 3.05) is 0 Å². The van der Waals surface area contributed by atoms with Crippen LogP contribution in [0.4, 0.5) is 0 Å². The summed E-state index contributed by atoms with van der Waals surface area (Å²) in [4.78, 5) is 0. The van der Waals surface area contributed by atoms with E-state index in [1.165, 1.54) is 0 Å². The van der Waals surface area contributed by atoms with Crippen LogP contribution < -0.4 is 5.46 Å². The predicted molar refractivity (Wildman–Crippen MR) is 77.9 cm³/mol. The molecule has 1 aromatic rings. The van der Waals surface area contributed by atoms with E-state index in [4.69, 9.17) is 9.31 Å². The molecule has 0 bridgehead atoms. The molecule has 1 fully saturated rings. The first kappa shape index (κ1) is 12.9. The van der Waals surface area contributed by atoms with E-state index in [9.17, 15) is 0 Å². The van der Waals surface area contributed by atoms with Gasteiger partial charge in [0.05, 0.1) is 11.2 Å². The van der Waals surface area contributed by atoms with Gasteiger partial charge in [0.15, 0.2) is 0 Å². The Balaban J connectivity index is 2.20. The smallest absolute Gasteiger partial charge is 0.399 e. The number of hydrogen-bond donors (Lipinski definition) is 0. The highest BCUT2D eigenvalue weighted by molar-refractivity contribution is 14.2. The lowest BCUT2D eigenvalue weighted by molar-refractivity contribution is 0.00578. The molecule has 1 aromatic heterocycles. The second-order valence-corrected chi connectivity index (χ2v) is 7.16. The Morgan fingerprint density at radius 3 is 2.25 bits per heavy atom. The lowest BCUT2D eigenvalue weighted by atomic mass is 9.81. The van der Waals surface area contributed by atoms with Crippen molar-refractivity contribution in [1.82, 2.24) is 4.34 Å². The third-order valence-electron chi connectivity index (χ3n) is 3.34. The molecule has 1 unspecified atom stereocenters. The second kappa shape index (κ2) is 4.27. The largest absolute Gasteiger partial charge is 0.496 e. The van der Waals surface area contributed by atoms with Gasteiger partial charge in [-0.15, -0.1) is 0 Å². The summed E-state index contributed by atoms with van der Waals surface area (Å²) in [6.45, 7) is 8.29. The first-order valence-corrected chi connectivity index (χ1v) is 9.32. The molecule has 0 aliphatic carbocycles. The normalized spacial score (nSPS) is 23.4. The van der Waals surface area contributed by atoms with Crippen molar-refractivity contribution in [3.63, 3.8) is 0 Å². The summed E-state index contributed by atoms with van der Waals surface area (Å²) in [7, 11) is -0.237. The third kappa shape index (κ3) is 2.19. The topological polar surface area (TPSA) is 23.4 Å². The monoisotopic (exact) mass is 351 g/mol. The highest BCUT2D eigenvalue weighted by Crippen LogP contribution is 2.36. The zero-order valence-electron chi connectivity index (χ0n) is 9.95. The molecule has 0 spiro atoms. The fourth-order valence-electron chi connectivity index (χ4n) is 1.58. The minimum atomic E-state index is -0.258. The number of rotatable bonds is 2. The SMILES string of the molecule is CC1(C)OB(c2ccn(PI)c2)OC1(C)C. The molecule has 3 nitrogen and oxygen atoms in total. The average Bonchev–Trinajstić information content (AvgIpc) is 2.70. The van der Waals surface area contributed by atoms with Crippen molar-refractivity contribution in [1.29, 1.82) is 0 Å². The molecule has 0 saturated carbocycles. The van der Waals surface area contributed by atoms with E-state index in [1.807, 2.05) is 0 Å². The average molecular weight is 351 g/mol. The van der Waals surface area contributed by atoms with Gasteiger partial charge in [-0.2, -0.15) is 0 Å². The number of aromatic nitrogens is 1. The van der Waals surface area contributed by atoms with E-state index in [-0.39, 0.29) is 18.3 Å². The fraction of sp³-hybridized carbons (Fsp3) is 0.600. The Morgan fingerprint density at radius 2 is 1.81 bits per heavy atom. The lowest BCUT2D eigenvalue weighted by Gasteiger charge is -2.32. The second-order valence-electron chi connectivity index (χ2n) is 5.02. The van der Waals surface area contributed by atoms with Gasteiger partial charge in [0.25, 0.3) is 0 Å². The van der Waals surface area contributed by atoms with Gasteiger partial charge < -0.3 is 13.6 Å². The molecule has 2 heterocycles. The molecule has 1 saturated heterocycles.